The highest BCUT2D eigenvalue weighted by molar-refractivity contribution is 5.98. The topological polar surface area (TPSA) is 50.5 Å². The predicted octanol–water partition coefficient (Wildman–Crippen LogP) is 5.97. The van der Waals surface area contributed by atoms with Gasteiger partial charge in [-0.1, -0.05) is 54.6 Å². The summed E-state index contributed by atoms with van der Waals surface area (Å²) in [6.45, 7) is 2.42. The van der Waals surface area contributed by atoms with Gasteiger partial charge in [-0.15, -0.1) is 0 Å². The summed E-state index contributed by atoms with van der Waals surface area (Å²) in [6, 6.07) is 26.4. The Balaban J connectivity index is 1.72. The van der Waals surface area contributed by atoms with Crippen molar-refractivity contribution in [3.8, 4) is 11.5 Å². The van der Waals surface area contributed by atoms with E-state index >= 15 is 0 Å². The standard InChI is InChI=1S/C30H33N3O2/c1-32(2)21-22-35-28-16-12-26(13-17-28)30(25-10-14-27(34)15-11-25)29(24-7-4-3-5-8-24)9-6-19-33-20-18-31-23-33/h3-5,7-8,10-18,20,23,34H,6,9,19,21-22H2,1-2H3/b30-29-. The molecule has 0 aliphatic heterocycles. The van der Waals surface area contributed by atoms with Gasteiger partial charge in [0.05, 0.1) is 6.33 Å². The summed E-state index contributed by atoms with van der Waals surface area (Å²) in [6.07, 6.45) is 7.56. The first-order chi connectivity index (χ1) is 17.1. The summed E-state index contributed by atoms with van der Waals surface area (Å²) in [7, 11) is 4.08. The fourth-order valence-electron chi connectivity index (χ4n) is 4.12. The monoisotopic (exact) mass is 467 g/mol. The minimum Gasteiger partial charge on any atom is -0.508 e. The molecule has 5 nitrogen and oxygen atoms in total. The van der Waals surface area contributed by atoms with Crippen LogP contribution < -0.4 is 4.74 Å². The number of imidazole rings is 1. The highest BCUT2D eigenvalue weighted by Gasteiger charge is 2.15. The number of aromatic nitrogens is 2. The molecule has 0 bridgehead atoms. The number of aromatic hydroxyl groups is 1. The van der Waals surface area contributed by atoms with Crippen LogP contribution in [-0.4, -0.2) is 46.8 Å². The van der Waals surface area contributed by atoms with Crippen LogP contribution in [0.15, 0.2) is 97.6 Å². The van der Waals surface area contributed by atoms with Crippen LogP contribution in [0.4, 0.5) is 0 Å². The summed E-state index contributed by atoms with van der Waals surface area (Å²) >= 11 is 0. The predicted molar refractivity (Wildman–Crippen MR) is 142 cm³/mol. The summed E-state index contributed by atoms with van der Waals surface area (Å²) in [4.78, 5) is 6.28. The molecule has 0 aliphatic rings. The molecule has 0 radical (unpaired) electrons. The van der Waals surface area contributed by atoms with Crippen molar-refractivity contribution in [3.63, 3.8) is 0 Å². The Bertz CT molecular complexity index is 1200. The zero-order chi connectivity index (χ0) is 24.5. The maximum Gasteiger partial charge on any atom is 0.119 e. The van der Waals surface area contributed by atoms with Crippen molar-refractivity contribution in [3.05, 3.63) is 114 Å². The Morgan fingerprint density at radius 2 is 1.57 bits per heavy atom. The average Bonchev–Trinajstić information content (AvgIpc) is 3.39. The number of allylic oxidation sites excluding steroid dienone is 1. The van der Waals surface area contributed by atoms with Gasteiger partial charge in [0.25, 0.3) is 0 Å². The third-order valence-corrected chi connectivity index (χ3v) is 5.93. The van der Waals surface area contributed by atoms with E-state index in [0.717, 1.165) is 42.8 Å². The van der Waals surface area contributed by atoms with E-state index in [1.165, 1.54) is 16.7 Å². The van der Waals surface area contributed by atoms with Crippen LogP contribution in [0.5, 0.6) is 11.5 Å². The first kappa shape index (κ1) is 24.3. The smallest absolute Gasteiger partial charge is 0.119 e. The lowest BCUT2D eigenvalue weighted by atomic mass is 9.87. The molecule has 0 amide bonds. The molecular weight excluding hydrogens is 434 g/mol. The van der Waals surface area contributed by atoms with Crippen molar-refractivity contribution in [2.24, 2.45) is 0 Å². The third kappa shape index (κ3) is 6.84. The first-order valence-corrected chi connectivity index (χ1v) is 12.0. The van der Waals surface area contributed by atoms with E-state index in [1.807, 2.05) is 63.1 Å². The van der Waals surface area contributed by atoms with Crippen molar-refractivity contribution in [1.82, 2.24) is 14.5 Å². The second-order valence-electron chi connectivity index (χ2n) is 8.85. The number of ether oxygens (including phenoxy) is 1. The lowest BCUT2D eigenvalue weighted by Crippen LogP contribution is -2.19. The Kier molecular flexibility index (Phi) is 8.36. The summed E-state index contributed by atoms with van der Waals surface area (Å²) < 4.78 is 8.04. The number of phenols is 1. The van der Waals surface area contributed by atoms with Gasteiger partial charge >= 0.3 is 0 Å². The molecule has 3 aromatic carbocycles. The Morgan fingerprint density at radius 1 is 0.886 bits per heavy atom. The van der Waals surface area contributed by atoms with E-state index < -0.39 is 0 Å². The lowest BCUT2D eigenvalue weighted by molar-refractivity contribution is 0.261. The molecule has 0 spiro atoms. The number of phenolic OH excluding ortho intramolecular Hbond substituents is 1. The minimum atomic E-state index is 0.263. The fraction of sp³-hybridized carbons (Fsp3) is 0.233. The van der Waals surface area contributed by atoms with Crippen LogP contribution in [0.25, 0.3) is 11.1 Å². The van der Waals surface area contributed by atoms with Gasteiger partial charge in [-0.2, -0.15) is 0 Å². The highest BCUT2D eigenvalue weighted by atomic mass is 16.5. The molecule has 4 aromatic rings. The third-order valence-electron chi connectivity index (χ3n) is 5.93. The van der Waals surface area contributed by atoms with Gasteiger partial charge < -0.3 is 19.3 Å². The zero-order valence-electron chi connectivity index (χ0n) is 20.5. The molecule has 0 fully saturated rings. The molecule has 1 aromatic heterocycles. The van der Waals surface area contributed by atoms with Crippen molar-refractivity contribution >= 4 is 11.1 Å². The van der Waals surface area contributed by atoms with Gasteiger partial charge in [0, 0.05) is 25.5 Å². The van der Waals surface area contributed by atoms with Crippen LogP contribution in [0.3, 0.4) is 0 Å². The molecule has 0 unspecified atom stereocenters. The number of hydrogen-bond acceptors (Lipinski definition) is 4. The van der Waals surface area contributed by atoms with Crippen molar-refractivity contribution in [2.75, 3.05) is 27.2 Å². The van der Waals surface area contributed by atoms with Gasteiger partial charge in [0.1, 0.15) is 18.1 Å². The second-order valence-corrected chi connectivity index (χ2v) is 8.85. The molecule has 0 saturated carbocycles. The van der Waals surface area contributed by atoms with Crippen LogP contribution >= 0.6 is 0 Å². The molecule has 5 heteroatoms. The van der Waals surface area contributed by atoms with Crippen LogP contribution in [0.1, 0.15) is 29.5 Å². The van der Waals surface area contributed by atoms with Crippen molar-refractivity contribution in [2.45, 2.75) is 19.4 Å². The van der Waals surface area contributed by atoms with Crippen LogP contribution in [0, 0.1) is 0 Å². The normalized spacial score (nSPS) is 12.0. The number of rotatable bonds is 11. The van der Waals surface area contributed by atoms with Crippen LogP contribution in [-0.2, 0) is 6.54 Å². The van der Waals surface area contributed by atoms with E-state index in [-0.39, 0.29) is 5.75 Å². The van der Waals surface area contributed by atoms with E-state index in [9.17, 15) is 5.11 Å². The maximum atomic E-state index is 9.92. The molecule has 35 heavy (non-hydrogen) atoms. The van der Waals surface area contributed by atoms with E-state index in [1.54, 1.807) is 12.1 Å². The van der Waals surface area contributed by atoms with Crippen molar-refractivity contribution < 1.29 is 9.84 Å². The summed E-state index contributed by atoms with van der Waals surface area (Å²) in [5.74, 6) is 1.13. The van der Waals surface area contributed by atoms with Crippen LogP contribution in [0.2, 0.25) is 0 Å². The number of benzene rings is 3. The quantitative estimate of drug-likeness (QED) is 0.276. The maximum absolute atomic E-state index is 9.92. The van der Waals surface area contributed by atoms with E-state index in [2.05, 4.69) is 50.8 Å². The van der Waals surface area contributed by atoms with Gasteiger partial charge in [0.15, 0.2) is 0 Å². The molecule has 4 rings (SSSR count). The molecule has 0 saturated heterocycles. The Morgan fingerprint density at radius 3 is 2.20 bits per heavy atom. The molecule has 1 N–H and O–H groups in total. The SMILES string of the molecule is CN(C)CCOc1ccc(/C(=C(/CCCn2ccnc2)c2ccccc2)c2ccc(O)cc2)cc1. The van der Waals surface area contributed by atoms with Gasteiger partial charge in [-0.3, -0.25) is 0 Å². The largest absolute Gasteiger partial charge is 0.508 e. The summed E-state index contributed by atoms with van der Waals surface area (Å²) in [5.41, 5.74) is 5.84. The minimum absolute atomic E-state index is 0.263. The molecule has 0 aliphatic carbocycles. The molecule has 0 atom stereocenters. The first-order valence-electron chi connectivity index (χ1n) is 12.0. The Hall–Kier alpha value is -3.83. The molecule has 1 heterocycles. The number of likely N-dealkylation sites (N-methyl/N-ethyl adjacent to an activating group) is 1. The molecular formula is C30H33N3O2. The molecule has 180 valence electrons. The van der Waals surface area contributed by atoms with Gasteiger partial charge in [-0.25, -0.2) is 4.98 Å². The van der Waals surface area contributed by atoms with Crippen molar-refractivity contribution in [1.29, 1.82) is 0 Å². The van der Waals surface area contributed by atoms with E-state index in [4.69, 9.17) is 4.74 Å². The fourth-order valence-corrected chi connectivity index (χ4v) is 4.12. The Labute approximate surface area is 208 Å². The highest BCUT2D eigenvalue weighted by Crippen LogP contribution is 2.36. The van der Waals surface area contributed by atoms with Gasteiger partial charge in [0.2, 0.25) is 0 Å². The number of aryl methyl sites for hydroxylation is 1. The number of hydrogen-bond donors (Lipinski definition) is 1. The zero-order valence-corrected chi connectivity index (χ0v) is 20.5. The lowest BCUT2D eigenvalue weighted by Gasteiger charge is -2.18. The average molecular weight is 468 g/mol. The van der Waals surface area contributed by atoms with E-state index in [0.29, 0.717) is 6.61 Å². The van der Waals surface area contributed by atoms with Gasteiger partial charge in [-0.05, 0) is 79.0 Å². The summed E-state index contributed by atoms with van der Waals surface area (Å²) in [5, 5.41) is 9.92. The number of nitrogens with zero attached hydrogens (tertiary/aromatic N) is 3. The second kappa shape index (κ2) is 12.0.